The van der Waals surface area contributed by atoms with Crippen molar-refractivity contribution in [3.05, 3.63) is 59.9 Å². The van der Waals surface area contributed by atoms with E-state index in [9.17, 15) is 14.4 Å². The van der Waals surface area contributed by atoms with Crippen LogP contribution in [0.1, 0.15) is 57.3 Å². The van der Waals surface area contributed by atoms with Crippen molar-refractivity contribution in [3.8, 4) is 0 Å². The highest BCUT2D eigenvalue weighted by atomic mass is 16.6. The molecule has 1 fully saturated rings. The fourth-order valence-corrected chi connectivity index (χ4v) is 4.70. The molecule has 1 aliphatic heterocycles. The lowest BCUT2D eigenvalue weighted by molar-refractivity contribution is -0.130. The number of aromatic nitrogens is 3. The van der Waals surface area contributed by atoms with E-state index in [1.54, 1.807) is 21.3 Å². The molecular weight excluding hydrogens is 500 g/mol. The first kappa shape index (κ1) is 28.0. The molecule has 0 saturated carbocycles. The van der Waals surface area contributed by atoms with Crippen molar-refractivity contribution < 1.29 is 24.3 Å². The molecular formula is C28H36N6O5. The molecule has 2 aromatic carbocycles. The van der Waals surface area contributed by atoms with Gasteiger partial charge >= 0.3 is 6.09 Å². The molecule has 11 nitrogen and oxygen atoms in total. The zero-order valence-corrected chi connectivity index (χ0v) is 22.6. The summed E-state index contributed by atoms with van der Waals surface area (Å²) in [6.07, 6.45) is 2.98. The quantitative estimate of drug-likeness (QED) is 0.296. The van der Waals surface area contributed by atoms with Gasteiger partial charge in [0.15, 0.2) is 0 Å². The largest absolute Gasteiger partial charge is 0.444 e. The van der Waals surface area contributed by atoms with Gasteiger partial charge in [-0.2, -0.15) is 0 Å². The maximum absolute atomic E-state index is 12.8. The van der Waals surface area contributed by atoms with E-state index in [0.29, 0.717) is 38.0 Å². The van der Waals surface area contributed by atoms with Crippen LogP contribution >= 0.6 is 0 Å². The van der Waals surface area contributed by atoms with Crippen LogP contribution in [0.4, 0.5) is 4.79 Å². The van der Waals surface area contributed by atoms with Crippen LogP contribution in [0, 0.1) is 5.92 Å². The van der Waals surface area contributed by atoms with Crippen molar-refractivity contribution in [1.82, 2.24) is 30.7 Å². The molecule has 208 valence electrons. The first-order chi connectivity index (χ1) is 18.6. The maximum atomic E-state index is 12.8. The first-order valence-corrected chi connectivity index (χ1v) is 13.2. The van der Waals surface area contributed by atoms with E-state index in [2.05, 4.69) is 21.7 Å². The van der Waals surface area contributed by atoms with Crippen molar-refractivity contribution in [3.63, 3.8) is 0 Å². The number of fused-ring (bicyclic) bond motifs is 1. The summed E-state index contributed by atoms with van der Waals surface area (Å²) >= 11 is 0. The van der Waals surface area contributed by atoms with Crippen LogP contribution in [0.15, 0.2) is 48.7 Å². The Hall–Kier alpha value is -3.99. The molecule has 4 rings (SSSR count). The summed E-state index contributed by atoms with van der Waals surface area (Å²) in [5, 5.41) is 22.6. The number of carbonyl (C=O) groups is 3. The van der Waals surface area contributed by atoms with Gasteiger partial charge in [-0.05, 0) is 56.4 Å². The van der Waals surface area contributed by atoms with Gasteiger partial charge in [0, 0.05) is 19.0 Å². The topological polar surface area (TPSA) is 139 Å². The first-order valence-electron chi connectivity index (χ1n) is 13.2. The van der Waals surface area contributed by atoms with E-state index in [1.807, 2.05) is 57.2 Å². The highest BCUT2D eigenvalue weighted by Gasteiger charge is 2.30. The highest BCUT2D eigenvalue weighted by Crippen LogP contribution is 2.23. The number of benzene rings is 2. The minimum absolute atomic E-state index is 0.00864. The van der Waals surface area contributed by atoms with Gasteiger partial charge < -0.3 is 15.0 Å². The van der Waals surface area contributed by atoms with E-state index in [4.69, 9.17) is 9.94 Å². The van der Waals surface area contributed by atoms with Crippen molar-refractivity contribution in [2.75, 3.05) is 13.1 Å². The van der Waals surface area contributed by atoms with Crippen LogP contribution in [-0.4, -0.2) is 61.7 Å². The van der Waals surface area contributed by atoms with Gasteiger partial charge in [0.25, 0.3) is 0 Å². The minimum Gasteiger partial charge on any atom is -0.444 e. The van der Waals surface area contributed by atoms with E-state index in [1.165, 1.54) is 0 Å². The lowest BCUT2D eigenvalue weighted by atomic mass is 9.96. The summed E-state index contributed by atoms with van der Waals surface area (Å²) in [6.45, 7) is 6.61. The predicted octanol–water partition coefficient (Wildman–Crippen LogP) is 3.37. The number of hydroxylamine groups is 1. The van der Waals surface area contributed by atoms with Crippen LogP contribution in [0.3, 0.4) is 0 Å². The Morgan fingerprint density at radius 3 is 2.51 bits per heavy atom. The molecule has 3 aromatic rings. The minimum atomic E-state index is -0.556. The van der Waals surface area contributed by atoms with Gasteiger partial charge in [0.1, 0.15) is 11.3 Å². The molecule has 1 unspecified atom stereocenters. The third-order valence-electron chi connectivity index (χ3n) is 6.72. The predicted molar refractivity (Wildman–Crippen MR) is 144 cm³/mol. The van der Waals surface area contributed by atoms with E-state index < -0.39 is 11.5 Å². The summed E-state index contributed by atoms with van der Waals surface area (Å²) in [5.41, 5.74) is 2.72. The van der Waals surface area contributed by atoms with Crippen LogP contribution < -0.4 is 10.8 Å². The number of amides is 3. The summed E-state index contributed by atoms with van der Waals surface area (Å²) in [4.78, 5) is 38.7. The number of rotatable bonds is 8. The van der Waals surface area contributed by atoms with Gasteiger partial charge in [-0.3, -0.25) is 14.8 Å². The molecule has 1 atom stereocenters. The Kier molecular flexibility index (Phi) is 8.80. The van der Waals surface area contributed by atoms with Gasteiger partial charge in [0.2, 0.25) is 11.8 Å². The molecule has 11 heteroatoms. The second-order valence-corrected chi connectivity index (χ2v) is 10.9. The summed E-state index contributed by atoms with van der Waals surface area (Å²) < 4.78 is 7.02. The van der Waals surface area contributed by atoms with Crippen LogP contribution in [0.5, 0.6) is 0 Å². The zero-order chi connectivity index (χ0) is 28.0. The number of nitrogens with zero attached hydrogens (tertiary/aromatic N) is 4. The van der Waals surface area contributed by atoms with Gasteiger partial charge in [-0.1, -0.05) is 47.7 Å². The van der Waals surface area contributed by atoms with E-state index >= 15 is 0 Å². The molecule has 1 aliphatic rings. The van der Waals surface area contributed by atoms with Gasteiger partial charge in [-0.15, -0.1) is 5.10 Å². The summed E-state index contributed by atoms with van der Waals surface area (Å²) in [6, 6.07) is 13.8. The number of nitrogens with one attached hydrogen (secondary N) is 2. The van der Waals surface area contributed by atoms with Crippen molar-refractivity contribution >= 4 is 28.7 Å². The monoisotopic (exact) mass is 536 g/mol. The zero-order valence-electron chi connectivity index (χ0n) is 22.6. The van der Waals surface area contributed by atoms with Gasteiger partial charge in [-0.25, -0.2) is 15.0 Å². The van der Waals surface area contributed by atoms with Crippen molar-refractivity contribution in [1.29, 1.82) is 0 Å². The number of ether oxygens (including phenoxy) is 1. The summed E-state index contributed by atoms with van der Waals surface area (Å²) in [7, 11) is 0. The van der Waals surface area contributed by atoms with E-state index in [-0.39, 0.29) is 36.9 Å². The number of hydrogen-bond acceptors (Lipinski definition) is 7. The Bertz CT molecular complexity index is 1310. The molecule has 2 heterocycles. The smallest absolute Gasteiger partial charge is 0.410 e. The molecule has 0 spiro atoms. The normalized spacial score (nSPS) is 15.1. The maximum Gasteiger partial charge on any atom is 0.410 e. The standard InChI is InChI=1S/C28H36N6O5/c1-28(2,3)39-27(37)33-12-10-21(11-13-33)26(36)29-17-23-18-34(32-30-23)24(16-25(35)31-38)15-19-8-9-20-6-4-5-7-22(20)14-19/h4-9,14,18,21,24,38H,10-13,15-17H2,1-3H3,(H,29,36)(H,31,35). The lowest BCUT2D eigenvalue weighted by Crippen LogP contribution is -2.44. The molecule has 3 N–H and O–H groups in total. The number of hydrogen-bond donors (Lipinski definition) is 3. The average molecular weight is 537 g/mol. The highest BCUT2D eigenvalue weighted by molar-refractivity contribution is 5.83. The third kappa shape index (κ3) is 7.76. The molecule has 0 radical (unpaired) electrons. The second kappa shape index (κ2) is 12.2. The fourth-order valence-electron chi connectivity index (χ4n) is 4.70. The third-order valence-corrected chi connectivity index (χ3v) is 6.72. The second-order valence-electron chi connectivity index (χ2n) is 10.9. The van der Waals surface area contributed by atoms with E-state index in [0.717, 1.165) is 16.3 Å². The number of carbonyl (C=O) groups excluding carboxylic acids is 3. The SMILES string of the molecule is CC(C)(C)OC(=O)N1CCC(C(=O)NCc2cn(C(CC(=O)NO)Cc3ccc4ccccc4c3)nn2)CC1. The molecule has 0 bridgehead atoms. The Labute approximate surface area is 227 Å². The Morgan fingerprint density at radius 1 is 1.10 bits per heavy atom. The Morgan fingerprint density at radius 2 is 1.82 bits per heavy atom. The molecule has 3 amide bonds. The van der Waals surface area contributed by atoms with Crippen molar-refractivity contribution in [2.24, 2.45) is 5.92 Å². The molecule has 1 aromatic heterocycles. The number of likely N-dealkylation sites (tertiary alicyclic amines) is 1. The lowest BCUT2D eigenvalue weighted by Gasteiger charge is -2.32. The van der Waals surface area contributed by atoms with Crippen LogP contribution in [0.25, 0.3) is 10.8 Å². The molecule has 1 saturated heterocycles. The Balaban J connectivity index is 1.33. The fraction of sp³-hybridized carbons (Fsp3) is 0.464. The summed E-state index contributed by atoms with van der Waals surface area (Å²) in [5.74, 6) is -0.822. The van der Waals surface area contributed by atoms with Crippen molar-refractivity contribution in [2.45, 2.75) is 64.6 Å². The average Bonchev–Trinajstić information content (AvgIpc) is 3.39. The molecule has 39 heavy (non-hydrogen) atoms. The molecule has 0 aliphatic carbocycles. The number of piperidine rings is 1. The van der Waals surface area contributed by atoms with Crippen LogP contribution in [-0.2, 0) is 27.3 Å². The van der Waals surface area contributed by atoms with Crippen LogP contribution in [0.2, 0.25) is 0 Å². The van der Waals surface area contributed by atoms with Gasteiger partial charge in [0.05, 0.1) is 25.2 Å².